The lowest BCUT2D eigenvalue weighted by molar-refractivity contribution is -0.168. The van der Waals surface area contributed by atoms with Crippen LogP contribution in [-0.4, -0.2) is 35.9 Å². The van der Waals surface area contributed by atoms with Gasteiger partial charge in [0.15, 0.2) is 0 Å². The van der Waals surface area contributed by atoms with Crippen LogP contribution < -0.4 is 5.63 Å². The number of esters is 2. The topological polar surface area (TPSA) is 95.3 Å². The quantitative estimate of drug-likeness (QED) is 0.436. The summed E-state index contributed by atoms with van der Waals surface area (Å²) < 4.78 is 23.7. The SMILES string of the molecule is CCC(=O)OC1CCC2(C)C(CCC3C2CCC2(C)C(c4ccc(=O)oc4)C(OC(C)=O)C4OC342)C1. The molecule has 1 saturated heterocycles. The Hall–Kier alpha value is -2.15. The molecule has 1 aromatic rings. The molecule has 0 N–H and O–H groups in total. The van der Waals surface area contributed by atoms with E-state index >= 15 is 0 Å². The van der Waals surface area contributed by atoms with Gasteiger partial charge in [0.2, 0.25) is 0 Å². The van der Waals surface area contributed by atoms with E-state index in [-0.39, 0.29) is 58.2 Å². The number of rotatable bonds is 4. The van der Waals surface area contributed by atoms with Gasteiger partial charge >= 0.3 is 17.6 Å². The molecule has 10 unspecified atom stereocenters. The third-order valence-electron chi connectivity index (χ3n) is 11.0. The average molecular weight is 499 g/mol. The molecule has 7 nitrogen and oxygen atoms in total. The molecule has 7 heteroatoms. The monoisotopic (exact) mass is 498 g/mol. The molecule has 36 heavy (non-hydrogen) atoms. The number of carbonyl (C=O) groups excluding carboxylic acids is 2. The maximum absolute atomic E-state index is 12.2. The molecular formula is C29H38O7. The van der Waals surface area contributed by atoms with Gasteiger partial charge in [-0.2, -0.15) is 0 Å². The van der Waals surface area contributed by atoms with E-state index in [9.17, 15) is 14.4 Å². The molecule has 5 fully saturated rings. The van der Waals surface area contributed by atoms with E-state index in [1.54, 1.807) is 6.26 Å². The first kappa shape index (κ1) is 24.2. The van der Waals surface area contributed by atoms with Crippen molar-refractivity contribution >= 4 is 11.9 Å². The van der Waals surface area contributed by atoms with Gasteiger partial charge in [-0.05, 0) is 79.7 Å². The number of hydrogen-bond donors (Lipinski definition) is 0. The fraction of sp³-hybridized carbons (Fsp3) is 0.759. The summed E-state index contributed by atoms with van der Waals surface area (Å²) in [5, 5.41) is 0. The van der Waals surface area contributed by atoms with Crippen molar-refractivity contribution in [1.82, 2.24) is 0 Å². The van der Waals surface area contributed by atoms with Crippen LogP contribution in [0.3, 0.4) is 0 Å². The molecule has 10 atom stereocenters. The Morgan fingerprint density at radius 3 is 2.56 bits per heavy atom. The van der Waals surface area contributed by atoms with Crippen molar-refractivity contribution in [3.8, 4) is 0 Å². The zero-order valence-electron chi connectivity index (χ0n) is 21.8. The highest BCUT2D eigenvalue weighted by molar-refractivity contribution is 5.69. The van der Waals surface area contributed by atoms with Gasteiger partial charge in [-0.15, -0.1) is 0 Å². The molecule has 0 aromatic carbocycles. The Morgan fingerprint density at radius 2 is 1.86 bits per heavy atom. The molecule has 0 bridgehead atoms. The fourth-order valence-electron chi connectivity index (χ4n) is 9.46. The van der Waals surface area contributed by atoms with Gasteiger partial charge < -0.3 is 18.6 Å². The lowest BCUT2D eigenvalue weighted by Crippen LogP contribution is -2.58. The second-order valence-electron chi connectivity index (χ2n) is 12.5. The van der Waals surface area contributed by atoms with E-state index in [1.165, 1.54) is 13.0 Å². The maximum atomic E-state index is 12.2. The molecule has 2 heterocycles. The summed E-state index contributed by atoms with van der Waals surface area (Å²) in [6, 6.07) is 3.29. The molecule has 4 saturated carbocycles. The smallest absolute Gasteiger partial charge is 0.335 e. The van der Waals surface area contributed by atoms with Crippen molar-refractivity contribution in [3.63, 3.8) is 0 Å². The minimum atomic E-state index is -0.381. The summed E-state index contributed by atoms with van der Waals surface area (Å²) in [5.74, 6) is 1.01. The highest BCUT2D eigenvalue weighted by Gasteiger charge is 2.84. The standard InChI is InChI=1S/C29H38O7/c1-5-22(31)35-19-10-12-27(3)18(14-19)7-8-21-20(27)11-13-28(4)24(17-6-9-23(32)33-15-17)25(34-16(2)30)26-29(21,28)36-26/h6,9,15,18-21,24-26H,5,7-8,10-14H2,1-4H3. The largest absolute Gasteiger partial charge is 0.462 e. The summed E-state index contributed by atoms with van der Waals surface area (Å²) in [5.41, 5.74) is 0.193. The lowest BCUT2D eigenvalue weighted by Gasteiger charge is -2.61. The van der Waals surface area contributed by atoms with Crippen molar-refractivity contribution in [2.75, 3.05) is 0 Å². The number of fused-ring (bicyclic) bond motifs is 3. The number of carbonyl (C=O) groups is 2. The van der Waals surface area contributed by atoms with Crippen molar-refractivity contribution in [2.45, 2.75) is 109 Å². The highest BCUT2D eigenvalue weighted by Crippen LogP contribution is 2.78. The summed E-state index contributed by atoms with van der Waals surface area (Å²) in [6.07, 6.45) is 8.73. The first-order valence-corrected chi connectivity index (χ1v) is 13.8. The van der Waals surface area contributed by atoms with Gasteiger partial charge in [-0.25, -0.2) is 4.79 Å². The molecule has 0 amide bonds. The Morgan fingerprint density at radius 1 is 1.06 bits per heavy atom. The highest BCUT2D eigenvalue weighted by atomic mass is 16.7. The molecule has 1 spiro atoms. The van der Waals surface area contributed by atoms with Crippen LogP contribution in [0.15, 0.2) is 27.6 Å². The van der Waals surface area contributed by atoms with Gasteiger partial charge in [0.25, 0.3) is 0 Å². The second-order valence-corrected chi connectivity index (χ2v) is 12.5. The van der Waals surface area contributed by atoms with Gasteiger partial charge in [-0.3, -0.25) is 9.59 Å². The molecule has 1 aromatic heterocycles. The normalized spacial score (nSPS) is 46.5. The van der Waals surface area contributed by atoms with Gasteiger partial charge in [0.05, 0.1) is 6.26 Å². The molecule has 6 rings (SSSR count). The summed E-state index contributed by atoms with van der Waals surface area (Å²) in [4.78, 5) is 35.8. The van der Waals surface area contributed by atoms with Crippen LogP contribution in [0, 0.1) is 28.6 Å². The predicted molar refractivity (Wildman–Crippen MR) is 130 cm³/mol. The van der Waals surface area contributed by atoms with Crippen molar-refractivity contribution < 1.29 is 28.2 Å². The first-order chi connectivity index (χ1) is 17.1. The minimum Gasteiger partial charge on any atom is -0.462 e. The number of ether oxygens (including phenoxy) is 3. The molecule has 196 valence electrons. The Labute approximate surface area is 212 Å². The number of hydrogen-bond acceptors (Lipinski definition) is 7. The van der Waals surface area contributed by atoms with Gasteiger partial charge in [-0.1, -0.05) is 20.8 Å². The van der Waals surface area contributed by atoms with Crippen molar-refractivity contribution in [3.05, 3.63) is 34.4 Å². The fourth-order valence-corrected chi connectivity index (χ4v) is 9.46. The summed E-state index contributed by atoms with van der Waals surface area (Å²) in [7, 11) is 0. The van der Waals surface area contributed by atoms with Gasteiger partial charge in [0, 0.05) is 30.7 Å². The van der Waals surface area contributed by atoms with Crippen molar-refractivity contribution in [1.29, 1.82) is 0 Å². The van der Waals surface area contributed by atoms with Crippen LogP contribution in [0.1, 0.15) is 90.5 Å². The molecular weight excluding hydrogens is 460 g/mol. The Kier molecular flexibility index (Phi) is 5.50. The van der Waals surface area contributed by atoms with Crippen LogP contribution in [-0.2, 0) is 23.8 Å². The Balaban J connectivity index is 1.32. The average Bonchev–Trinajstić information content (AvgIpc) is 3.54. The Bertz CT molecular complexity index is 1110. The lowest BCUT2D eigenvalue weighted by atomic mass is 9.44. The zero-order valence-corrected chi connectivity index (χ0v) is 21.8. The molecule has 4 aliphatic carbocycles. The molecule has 0 radical (unpaired) electrons. The van der Waals surface area contributed by atoms with E-state index in [0.29, 0.717) is 24.2 Å². The van der Waals surface area contributed by atoms with E-state index < -0.39 is 0 Å². The third-order valence-corrected chi connectivity index (χ3v) is 11.0. The van der Waals surface area contributed by atoms with Gasteiger partial charge in [0.1, 0.15) is 23.9 Å². The summed E-state index contributed by atoms with van der Waals surface area (Å²) >= 11 is 0. The minimum absolute atomic E-state index is 0.0426. The van der Waals surface area contributed by atoms with E-state index in [1.807, 2.05) is 13.0 Å². The third kappa shape index (κ3) is 3.23. The molecule has 1 aliphatic heterocycles. The second kappa shape index (κ2) is 8.17. The van der Waals surface area contributed by atoms with E-state index in [0.717, 1.165) is 50.5 Å². The van der Waals surface area contributed by atoms with Crippen LogP contribution in [0.2, 0.25) is 0 Å². The van der Waals surface area contributed by atoms with E-state index in [4.69, 9.17) is 18.6 Å². The van der Waals surface area contributed by atoms with E-state index in [2.05, 4.69) is 13.8 Å². The number of epoxide rings is 1. The summed E-state index contributed by atoms with van der Waals surface area (Å²) in [6.45, 7) is 8.08. The van der Waals surface area contributed by atoms with Crippen LogP contribution >= 0.6 is 0 Å². The van der Waals surface area contributed by atoms with Crippen LogP contribution in [0.4, 0.5) is 0 Å². The predicted octanol–water partition coefficient (Wildman–Crippen LogP) is 4.76. The maximum Gasteiger partial charge on any atom is 0.335 e. The van der Waals surface area contributed by atoms with Crippen molar-refractivity contribution in [2.24, 2.45) is 28.6 Å². The van der Waals surface area contributed by atoms with Crippen LogP contribution in [0.5, 0.6) is 0 Å². The first-order valence-electron chi connectivity index (χ1n) is 13.8. The molecule has 5 aliphatic rings. The van der Waals surface area contributed by atoms with Crippen LogP contribution in [0.25, 0.3) is 0 Å². The zero-order chi connectivity index (χ0) is 25.5.